The fourth-order valence-electron chi connectivity index (χ4n) is 0.364. The Hall–Kier alpha value is -0.770. The Morgan fingerprint density at radius 1 is 1.67 bits per heavy atom. The molecule has 9 heavy (non-hydrogen) atoms. The fourth-order valence-corrected chi connectivity index (χ4v) is 0.364. The minimum absolute atomic E-state index is 0.0462. The Labute approximate surface area is 55.0 Å². The van der Waals surface area contributed by atoms with Crippen LogP contribution in [0.2, 0.25) is 0 Å². The molecule has 0 saturated heterocycles. The molecule has 4 nitrogen and oxygen atoms in total. The molecule has 0 atom stereocenters. The summed E-state index contributed by atoms with van der Waals surface area (Å²) in [6.45, 7) is 3.68. The SMILES string of the molecule is CNC(=O)N(N)C(C)C. The molecule has 0 rings (SSSR count). The number of nitrogens with two attached hydrogens (primary N) is 1. The number of urea groups is 1. The summed E-state index contributed by atoms with van der Waals surface area (Å²) in [7, 11) is 1.55. The summed E-state index contributed by atoms with van der Waals surface area (Å²) in [5, 5.41) is 3.55. The van der Waals surface area contributed by atoms with Gasteiger partial charge in [-0.2, -0.15) is 0 Å². The lowest BCUT2D eigenvalue weighted by atomic mass is 10.4. The molecule has 0 fully saturated rings. The Balaban J connectivity index is 3.72. The van der Waals surface area contributed by atoms with E-state index < -0.39 is 0 Å². The van der Waals surface area contributed by atoms with E-state index in [1.165, 1.54) is 0 Å². The molecule has 3 N–H and O–H groups in total. The van der Waals surface area contributed by atoms with Crippen LogP contribution in [0.15, 0.2) is 0 Å². The summed E-state index contributed by atoms with van der Waals surface area (Å²) in [5.74, 6) is 5.29. The van der Waals surface area contributed by atoms with Crippen LogP contribution in [-0.2, 0) is 0 Å². The van der Waals surface area contributed by atoms with E-state index >= 15 is 0 Å². The number of hydrogen-bond acceptors (Lipinski definition) is 2. The third-order valence-electron chi connectivity index (χ3n) is 1.00. The second kappa shape index (κ2) is 3.29. The zero-order valence-electron chi connectivity index (χ0n) is 6.01. The molecule has 0 radical (unpaired) electrons. The summed E-state index contributed by atoms with van der Waals surface area (Å²) in [4.78, 5) is 10.6. The van der Waals surface area contributed by atoms with Crippen LogP contribution in [0.5, 0.6) is 0 Å². The highest BCUT2D eigenvalue weighted by molar-refractivity contribution is 5.73. The van der Waals surface area contributed by atoms with Gasteiger partial charge in [0.15, 0.2) is 0 Å². The van der Waals surface area contributed by atoms with Gasteiger partial charge in [-0.1, -0.05) is 0 Å². The van der Waals surface area contributed by atoms with Crippen LogP contribution in [0.3, 0.4) is 0 Å². The van der Waals surface area contributed by atoms with Crippen molar-refractivity contribution in [2.75, 3.05) is 7.05 Å². The van der Waals surface area contributed by atoms with E-state index in [0.717, 1.165) is 5.01 Å². The molecule has 0 spiro atoms. The lowest BCUT2D eigenvalue weighted by Gasteiger charge is -2.19. The van der Waals surface area contributed by atoms with Crippen molar-refractivity contribution in [1.29, 1.82) is 0 Å². The number of nitrogens with zero attached hydrogens (tertiary/aromatic N) is 1. The number of rotatable bonds is 1. The topological polar surface area (TPSA) is 58.4 Å². The predicted octanol–water partition coefficient (Wildman–Crippen LogP) is -0.0901. The fraction of sp³-hybridized carbons (Fsp3) is 0.800. The first-order valence-corrected chi connectivity index (χ1v) is 2.85. The molecule has 0 bridgehead atoms. The van der Waals surface area contributed by atoms with E-state index in [-0.39, 0.29) is 12.1 Å². The predicted molar refractivity (Wildman–Crippen MR) is 35.6 cm³/mol. The van der Waals surface area contributed by atoms with E-state index in [2.05, 4.69) is 5.32 Å². The number of hydrogen-bond donors (Lipinski definition) is 2. The van der Waals surface area contributed by atoms with Crippen molar-refractivity contribution in [3.05, 3.63) is 0 Å². The summed E-state index contributed by atoms with van der Waals surface area (Å²) in [5.41, 5.74) is 0. The Kier molecular flexibility index (Phi) is 3.01. The van der Waals surface area contributed by atoms with Crippen LogP contribution in [0.25, 0.3) is 0 Å². The average Bonchev–Trinajstić information content (AvgIpc) is 1.84. The molecule has 54 valence electrons. The van der Waals surface area contributed by atoms with Crippen LogP contribution in [0, 0.1) is 0 Å². The number of hydrazine groups is 1. The van der Waals surface area contributed by atoms with Crippen LogP contribution >= 0.6 is 0 Å². The summed E-state index contributed by atoms with van der Waals surface area (Å²) in [6, 6.07) is -0.213. The van der Waals surface area contributed by atoms with Gasteiger partial charge in [-0.25, -0.2) is 10.6 Å². The summed E-state index contributed by atoms with van der Waals surface area (Å²) < 4.78 is 0. The van der Waals surface area contributed by atoms with Gasteiger partial charge in [0.05, 0.1) is 0 Å². The van der Waals surface area contributed by atoms with Crippen LogP contribution in [0.1, 0.15) is 13.8 Å². The van der Waals surface area contributed by atoms with E-state index in [4.69, 9.17) is 5.84 Å². The molecule has 2 amide bonds. The third-order valence-corrected chi connectivity index (χ3v) is 1.00. The van der Waals surface area contributed by atoms with Crippen molar-refractivity contribution in [3.8, 4) is 0 Å². The number of amides is 2. The first kappa shape index (κ1) is 8.23. The minimum atomic E-state index is -0.259. The molecule has 0 aromatic rings. The Bertz CT molecular complexity index is 102. The normalized spacial score (nSPS) is 9.44. The monoisotopic (exact) mass is 131 g/mol. The second-order valence-electron chi connectivity index (χ2n) is 2.06. The van der Waals surface area contributed by atoms with Crippen molar-refractivity contribution in [1.82, 2.24) is 10.3 Å². The maximum Gasteiger partial charge on any atom is 0.331 e. The first-order valence-electron chi connectivity index (χ1n) is 2.85. The van der Waals surface area contributed by atoms with E-state index in [0.29, 0.717) is 0 Å². The first-order chi connectivity index (χ1) is 4.09. The van der Waals surface area contributed by atoms with Gasteiger partial charge in [0.2, 0.25) is 0 Å². The van der Waals surface area contributed by atoms with Crippen LogP contribution < -0.4 is 11.2 Å². The quantitative estimate of drug-likeness (QED) is 0.297. The van der Waals surface area contributed by atoms with Gasteiger partial charge < -0.3 is 5.32 Å². The molecule has 0 saturated carbocycles. The summed E-state index contributed by atoms with van der Waals surface area (Å²) in [6.07, 6.45) is 0. The zero-order chi connectivity index (χ0) is 7.44. The standard InChI is InChI=1S/C5H13N3O/c1-4(2)8(6)5(9)7-3/h4H,6H2,1-3H3,(H,7,9). The van der Waals surface area contributed by atoms with Gasteiger partial charge in [-0.3, -0.25) is 5.01 Å². The van der Waals surface area contributed by atoms with Crippen molar-refractivity contribution in [3.63, 3.8) is 0 Å². The van der Waals surface area contributed by atoms with Crippen molar-refractivity contribution < 1.29 is 4.79 Å². The second-order valence-corrected chi connectivity index (χ2v) is 2.06. The number of carbonyl (C=O) groups is 1. The molecule has 0 aromatic heterocycles. The lowest BCUT2D eigenvalue weighted by Crippen LogP contribution is -2.47. The average molecular weight is 131 g/mol. The number of nitrogens with one attached hydrogen (secondary N) is 1. The van der Waals surface area contributed by atoms with Gasteiger partial charge in [-0.05, 0) is 13.8 Å². The Morgan fingerprint density at radius 2 is 2.11 bits per heavy atom. The van der Waals surface area contributed by atoms with Crippen molar-refractivity contribution >= 4 is 6.03 Å². The van der Waals surface area contributed by atoms with Gasteiger partial charge in [0, 0.05) is 13.1 Å². The van der Waals surface area contributed by atoms with Gasteiger partial charge >= 0.3 is 6.03 Å². The van der Waals surface area contributed by atoms with Crippen LogP contribution in [-0.4, -0.2) is 24.1 Å². The smallest absolute Gasteiger partial charge is 0.331 e. The van der Waals surface area contributed by atoms with E-state index in [1.807, 2.05) is 13.8 Å². The van der Waals surface area contributed by atoms with Gasteiger partial charge in [0.1, 0.15) is 0 Å². The minimum Gasteiger partial charge on any atom is -0.340 e. The van der Waals surface area contributed by atoms with E-state index in [1.54, 1.807) is 7.05 Å². The van der Waals surface area contributed by atoms with Gasteiger partial charge in [0.25, 0.3) is 0 Å². The molecule has 0 aliphatic carbocycles. The van der Waals surface area contributed by atoms with Gasteiger partial charge in [-0.15, -0.1) is 0 Å². The highest BCUT2D eigenvalue weighted by Crippen LogP contribution is 1.88. The summed E-state index contributed by atoms with van der Waals surface area (Å²) >= 11 is 0. The van der Waals surface area contributed by atoms with Crippen LogP contribution in [0.4, 0.5) is 4.79 Å². The highest BCUT2D eigenvalue weighted by atomic mass is 16.2. The largest absolute Gasteiger partial charge is 0.340 e. The molecule has 0 aliphatic rings. The van der Waals surface area contributed by atoms with Crippen molar-refractivity contribution in [2.24, 2.45) is 5.84 Å². The zero-order valence-corrected chi connectivity index (χ0v) is 6.01. The maximum atomic E-state index is 10.6. The highest BCUT2D eigenvalue weighted by Gasteiger charge is 2.08. The Morgan fingerprint density at radius 3 is 2.22 bits per heavy atom. The lowest BCUT2D eigenvalue weighted by molar-refractivity contribution is 0.187. The third kappa shape index (κ3) is 2.32. The molecule has 0 aromatic carbocycles. The number of carbonyl (C=O) groups excluding carboxylic acids is 1. The molecule has 0 heterocycles. The molecule has 4 heteroatoms. The molecule has 0 unspecified atom stereocenters. The maximum absolute atomic E-state index is 10.6. The van der Waals surface area contributed by atoms with Crippen molar-refractivity contribution in [2.45, 2.75) is 19.9 Å². The molecular formula is C5H13N3O. The molecule has 0 aliphatic heterocycles. The molecular weight excluding hydrogens is 118 g/mol. The van der Waals surface area contributed by atoms with E-state index in [9.17, 15) is 4.79 Å².